The highest BCUT2D eigenvalue weighted by Gasteiger charge is 2.04. The number of hydrogen-bond acceptors (Lipinski definition) is 5. The summed E-state index contributed by atoms with van der Waals surface area (Å²) in [5.74, 6) is -1.53. The van der Waals surface area contributed by atoms with E-state index in [4.69, 9.17) is 21.5 Å². The van der Waals surface area contributed by atoms with E-state index in [9.17, 15) is 4.79 Å². The van der Waals surface area contributed by atoms with Crippen LogP contribution in [0.1, 0.15) is 10.4 Å². The molecule has 0 saturated carbocycles. The van der Waals surface area contributed by atoms with Crippen LogP contribution >= 0.6 is 0 Å². The zero-order chi connectivity index (χ0) is 12.8. The maximum absolute atomic E-state index is 10.7. The maximum Gasteiger partial charge on any atom is 0.335 e. The summed E-state index contributed by atoms with van der Waals surface area (Å²) in [6, 6.07) is 7.51. The van der Waals surface area contributed by atoms with Crippen molar-refractivity contribution in [1.82, 2.24) is 0 Å². The second-order valence-electron chi connectivity index (χ2n) is 2.98. The van der Waals surface area contributed by atoms with Gasteiger partial charge >= 0.3 is 5.97 Å². The van der Waals surface area contributed by atoms with Crippen LogP contribution in [0.5, 0.6) is 0 Å². The lowest BCUT2D eigenvalue weighted by Gasteiger charge is -2.02. The van der Waals surface area contributed by atoms with Gasteiger partial charge in [0.2, 0.25) is 5.71 Å². The molecule has 0 radical (unpaired) electrons. The molecule has 0 aliphatic rings. The van der Waals surface area contributed by atoms with Crippen molar-refractivity contribution < 1.29 is 9.90 Å². The maximum atomic E-state index is 10.7. The Morgan fingerprint density at radius 2 is 2.29 bits per heavy atom. The van der Waals surface area contributed by atoms with Crippen LogP contribution in [0.2, 0.25) is 0 Å². The van der Waals surface area contributed by atoms with E-state index in [0.717, 1.165) is 0 Å². The predicted octanol–water partition coefficient (Wildman–Crippen LogP) is 0.612. The lowest BCUT2D eigenvalue weighted by atomic mass is 10.2. The number of nitrogens with one attached hydrogen (secondary N) is 2. The molecule has 7 nitrogen and oxygen atoms in total. The number of anilines is 1. The second-order valence-corrected chi connectivity index (χ2v) is 2.98. The van der Waals surface area contributed by atoms with Crippen LogP contribution in [0.4, 0.5) is 5.69 Å². The lowest BCUT2D eigenvalue weighted by molar-refractivity contribution is 0.0697. The lowest BCUT2D eigenvalue weighted by Crippen LogP contribution is -2.21. The summed E-state index contributed by atoms with van der Waals surface area (Å²) in [4.78, 5) is 10.7. The van der Waals surface area contributed by atoms with Crippen molar-refractivity contribution in [3.8, 4) is 6.07 Å². The Kier molecular flexibility index (Phi) is 3.78. The fourth-order valence-corrected chi connectivity index (χ4v) is 0.988. The Bertz CT molecular complexity index is 530. The summed E-state index contributed by atoms with van der Waals surface area (Å²) in [5, 5.41) is 27.9. The molecule has 17 heavy (non-hydrogen) atoms. The van der Waals surface area contributed by atoms with Crippen molar-refractivity contribution in [2.75, 3.05) is 5.43 Å². The predicted molar refractivity (Wildman–Crippen MR) is 62.0 cm³/mol. The van der Waals surface area contributed by atoms with Gasteiger partial charge in [-0.3, -0.25) is 10.8 Å². The number of carboxylic acids is 1. The minimum absolute atomic E-state index is 0.0894. The number of nitrogens with two attached hydrogens (primary N) is 1. The largest absolute Gasteiger partial charge is 0.478 e. The number of hydrazone groups is 1. The Balaban J connectivity index is 2.90. The summed E-state index contributed by atoms with van der Waals surface area (Å²) in [7, 11) is 0. The Labute approximate surface area is 96.7 Å². The van der Waals surface area contributed by atoms with E-state index >= 15 is 0 Å². The van der Waals surface area contributed by atoms with Gasteiger partial charge in [0.15, 0.2) is 5.84 Å². The highest BCUT2D eigenvalue weighted by molar-refractivity contribution is 6.45. The number of carboxylic acid groups (broad SMARTS) is 1. The van der Waals surface area contributed by atoms with Gasteiger partial charge in [-0.15, -0.1) is 0 Å². The number of nitrogens with zero attached hydrogens (tertiary/aromatic N) is 2. The molecule has 0 atom stereocenters. The number of carbonyl (C=O) groups is 1. The molecule has 1 aromatic rings. The molecule has 0 fully saturated rings. The van der Waals surface area contributed by atoms with Crippen molar-refractivity contribution >= 4 is 23.2 Å². The topological polar surface area (TPSA) is 135 Å². The summed E-state index contributed by atoms with van der Waals surface area (Å²) in [6.07, 6.45) is 0. The average Bonchev–Trinajstić information content (AvgIpc) is 2.29. The van der Waals surface area contributed by atoms with E-state index in [0.29, 0.717) is 5.69 Å². The van der Waals surface area contributed by atoms with Crippen molar-refractivity contribution in [3.63, 3.8) is 0 Å². The first-order valence-electron chi connectivity index (χ1n) is 4.46. The minimum atomic E-state index is -1.07. The van der Waals surface area contributed by atoms with E-state index < -0.39 is 11.8 Å². The van der Waals surface area contributed by atoms with Crippen molar-refractivity contribution in [2.45, 2.75) is 0 Å². The third-order valence-corrected chi connectivity index (χ3v) is 1.77. The van der Waals surface area contributed by atoms with Crippen LogP contribution in [0.3, 0.4) is 0 Å². The molecule has 0 aliphatic carbocycles. The highest BCUT2D eigenvalue weighted by Crippen LogP contribution is 2.10. The number of nitriles is 1. The van der Waals surface area contributed by atoms with Gasteiger partial charge in [-0.05, 0) is 18.2 Å². The third kappa shape index (κ3) is 3.32. The number of amidine groups is 1. The average molecular weight is 231 g/mol. The molecule has 0 aliphatic heterocycles. The Hall–Kier alpha value is -2.88. The van der Waals surface area contributed by atoms with Crippen LogP contribution in [0.25, 0.3) is 0 Å². The number of hydrogen-bond donors (Lipinski definition) is 4. The van der Waals surface area contributed by atoms with Gasteiger partial charge in [-0.25, -0.2) is 4.79 Å². The first-order chi connectivity index (χ1) is 8.04. The molecule has 7 heteroatoms. The molecule has 0 aromatic heterocycles. The van der Waals surface area contributed by atoms with Crippen LogP contribution in [-0.2, 0) is 0 Å². The van der Waals surface area contributed by atoms with Gasteiger partial charge in [0.05, 0.1) is 11.3 Å². The van der Waals surface area contributed by atoms with Crippen LogP contribution in [0.15, 0.2) is 29.4 Å². The summed E-state index contributed by atoms with van der Waals surface area (Å²) >= 11 is 0. The van der Waals surface area contributed by atoms with Crippen molar-refractivity contribution in [1.29, 1.82) is 10.7 Å². The van der Waals surface area contributed by atoms with Gasteiger partial charge in [0.25, 0.3) is 0 Å². The molecule has 1 rings (SSSR count). The van der Waals surface area contributed by atoms with E-state index in [1.54, 1.807) is 12.1 Å². The van der Waals surface area contributed by atoms with Gasteiger partial charge in [-0.1, -0.05) is 6.07 Å². The van der Waals surface area contributed by atoms with Crippen molar-refractivity contribution in [2.24, 2.45) is 10.8 Å². The summed E-state index contributed by atoms with van der Waals surface area (Å²) in [6.45, 7) is 0. The molecule has 0 bridgehead atoms. The van der Waals surface area contributed by atoms with Crippen molar-refractivity contribution in [3.05, 3.63) is 29.8 Å². The molecule has 0 amide bonds. The smallest absolute Gasteiger partial charge is 0.335 e. The standard InChI is InChI=1S/C10H9N5O2/c11-5-8(9(12)13)15-14-7-3-1-2-6(4-7)10(16)17/h1-4,14H,(H3,12,13)(H,16,17)/b15-8+. The summed E-state index contributed by atoms with van der Waals surface area (Å²) in [5.41, 5.74) is 7.74. The zero-order valence-corrected chi connectivity index (χ0v) is 8.64. The first kappa shape index (κ1) is 12.2. The number of aromatic carboxylic acids is 1. The molecule has 5 N–H and O–H groups in total. The monoisotopic (exact) mass is 231 g/mol. The number of benzene rings is 1. The SMILES string of the molecule is N#C/C(=N\Nc1cccc(C(=O)O)c1)C(=N)N. The Morgan fingerprint density at radius 3 is 2.82 bits per heavy atom. The molecule has 86 valence electrons. The quantitative estimate of drug-likeness (QED) is 0.342. The normalized spacial score (nSPS) is 10.4. The number of rotatable bonds is 4. The fraction of sp³-hybridized carbons (Fsp3) is 0. The van der Waals surface area contributed by atoms with Gasteiger partial charge < -0.3 is 10.8 Å². The zero-order valence-electron chi connectivity index (χ0n) is 8.64. The van der Waals surface area contributed by atoms with Gasteiger partial charge in [-0.2, -0.15) is 10.4 Å². The minimum Gasteiger partial charge on any atom is -0.478 e. The molecular weight excluding hydrogens is 222 g/mol. The Morgan fingerprint density at radius 1 is 1.59 bits per heavy atom. The first-order valence-corrected chi connectivity index (χ1v) is 4.46. The van der Waals surface area contributed by atoms with Crippen LogP contribution in [-0.4, -0.2) is 22.6 Å². The molecular formula is C10H9N5O2. The molecule has 0 saturated heterocycles. The molecule has 1 aromatic carbocycles. The van der Waals surface area contributed by atoms with Crippen LogP contribution in [0, 0.1) is 16.7 Å². The summed E-state index contributed by atoms with van der Waals surface area (Å²) < 4.78 is 0. The molecule has 0 unspecified atom stereocenters. The van der Waals surface area contributed by atoms with Crippen LogP contribution < -0.4 is 11.2 Å². The third-order valence-electron chi connectivity index (χ3n) is 1.77. The van der Waals surface area contributed by atoms with Gasteiger partial charge in [0, 0.05) is 0 Å². The molecule has 0 spiro atoms. The highest BCUT2D eigenvalue weighted by atomic mass is 16.4. The van der Waals surface area contributed by atoms with E-state index in [2.05, 4.69) is 10.5 Å². The van der Waals surface area contributed by atoms with E-state index in [-0.39, 0.29) is 11.3 Å². The fourth-order valence-electron chi connectivity index (χ4n) is 0.988. The van der Waals surface area contributed by atoms with E-state index in [1.807, 2.05) is 0 Å². The van der Waals surface area contributed by atoms with Gasteiger partial charge in [0.1, 0.15) is 6.07 Å². The van der Waals surface area contributed by atoms with E-state index in [1.165, 1.54) is 18.2 Å². The second kappa shape index (κ2) is 5.27. The molecule has 0 heterocycles.